The van der Waals surface area contributed by atoms with Gasteiger partial charge in [0.25, 0.3) is 0 Å². The molecule has 2 atom stereocenters. The summed E-state index contributed by atoms with van der Waals surface area (Å²) < 4.78 is 129. The number of carboxylic acids is 1. The lowest BCUT2D eigenvalue weighted by atomic mass is 9.93. The summed E-state index contributed by atoms with van der Waals surface area (Å²) in [7, 11) is 1.27. The van der Waals surface area contributed by atoms with Gasteiger partial charge >= 0.3 is 30.5 Å². The minimum Gasteiger partial charge on any atom is -0.481 e. The van der Waals surface area contributed by atoms with Gasteiger partial charge in [0, 0.05) is 23.9 Å². The Bertz CT molecular complexity index is 1940. The molecule has 0 aliphatic carbocycles. The van der Waals surface area contributed by atoms with Gasteiger partial charge in [0.1, 0.15) is 0 Å². The normalized spacial score (nSPS) is 16.8. The molecule has 0 saturated carbocycles. The van der Waals surface area contributed by atoms with Crippen LogP contribution in [0.2, 0.25) is 0 Å². The molecule has 0 bridgehead atoms. The molecule has 4 aromatic rings. The highest BCUT2D eigenvalue weighted by molar-refractivity contribution is 5.89. The molecule has 5 rings (SSSR count). The molecule has 1 aromatic heterocycles. The van der Waals surface area contributed by atoms with E-state index in [-0.39, 0.29) is 34.2 Å². The second-order valence-electron chi connectivity index (χ2n) is 11.6. The summed E-state index contributed by atoms with van der Waals surface area (Å²) in [6.07, 6.45) is -13.7. The first-order chi connectivity index (χ1) is 23.2. The number of carboxylic acid groups (broad SMARTS) is 1. The van der Waals surface area contributed by atoms with Crippen molar-refractivity contribution in [3.63, 3.8) is 0 Å². The van der Waals surface area contributed by atoms with Crippen molar-refractivity contribution in [1.82, 2.24) is 15.2 Å². The molecule has 50 heavy (non-hydrogen) atoms. The Labute approximate surface area is 278 Å². The number of carbonyl (C=O) groups excluding carboxylic acids is 1. The van der Waals surface area contributed by atoms with Crippen LogP contribution in [0.15, 0.2) is 66.9 Å². The van der Waals surface area contributed by atoms with E-state index in [1.807, 2.05) is 0 Å². The van der Waals surface area contributed by atoms with Gasteiger partial charge < -0.3 is 20.1 Å². The number of rotatable bonds is 7. The Hall–Kier alpha value is -5.28. The van der Waals surface area contributed by atoms with Crippen molar-refractivity contribution in [2.24, 2.45) is 0 Å². The predicted octanol–water partition coefficient (Wildman–Crippen LogP) is 9.14. The highest BCUT2D eigenvalue weighted by Gasteiger charge is 2.42. The summed E-state index contributed by atoms with van der Waals surface area (Å²) in [5, 5.41) is 11.7. The molecular formula is C34H26F9N3O4. The van der Waals surface area contributed by atoms with Crippen molar-refractivity contribution >= 4 is 12.0 Å². The van der Waals surface area contributed by atoms with E-state index in [0.29, 0.717) is 28.8 Å². The molecule has 0 spiro atoms. The number of carbonyl (C=O) groups is 2. The second-order valence-corrected chi connectivity index (χ2v) is 11.6. The molecule has 1 aliphatic rings. The van der Waals surface area contributed by atoms with Gasteiger partial charge in [-0.05, 0) is 90.2 Å². The molecule has 16 heteroatoms. The lowest BCUT2D eigenvalue weighted by Gasteiger charge is -2.26. The van der Waals surface area contributed by atoms with E-state index in [4.69, 9.17) is 4.74 Å². The number of ether oxygens (including phenoxy) is 1. The molecular weight excluding hydrogens is 685 g/mol. The third kappa shape index (κ3) is 7.19. The number of halogens is 9. The minimum atomic E-state index is -5.15. The number of alkyl halides is 9. The fourth-order valence-electron chi connectivity index (χ4n) is 5.86. The first-order valence-electron chi connectivity index (χ1n) is 14.6. The summed E-state index contributed by atoms with van der Waals surface area (Å²) in [6.45, 7) is 2.45. The minimum absolute atomic E-state index is 0.0185. The van der Waals surface area contributed by atoms with Gasteiger partial charge in [-0.2, -0.15) is 39.5 Å². The van der Waals surface area contributed by atoms with E-state index >= 15 is 0 Å². The van der Waals surface area contributed by atoms with Crippen LogP contribution < -0.4 is 10.1 Å². The molecule has 0 unspecified atom stereocenters. The Morgan fingerprint density at radius 1 is 0.840 bits per heavy atom. The predicted molar refractivity (Wildman–Crippen MR) is 161 cm³/mol. The number of amides is 2. The second kappa shape index (κ2) is 12.9. The average molecular weight is 712 g/mol. The van der Waals surface area contributed by atoms with Crippen molar-refractivity contribution in [2.45, 2.75) is 51.0 Å². The van der Waals surface area contributed by atoms with Crippen LogP contribution in [0.5, 0.6) is 5.88 Å². The van der Waals surface area contributed by atoms with Gasteiger partial charge in [0.2, 0.25) is 5.88 Å². The number of methoxy groups -OCH3 is 1. The summed E-state index contributed by atoms with van der Waals surface area (Å²) >= 11 is 0. The van der Waals surface area contributed by atoms with Gasteiger partial charge in [-0.3, -0.25) is 0 Å². The fraction of sp³-hybridized carbons (Fsp3) is 0.265. The Morgan fingerprint density at radius 3 is 1.98 bits per heavy atom. The zero-order chi connectivity index (χ0) is 36.9. The molecule has 264 valence electrons. The monoisotopic (exact) mass is 711 g/mol. The average Bonchev–Trinajstić information content (AvgIpc) is 3.31. The SMILES string of the molecule is COc1ncc(-c2ccc(C(=O)O)cc2C)cc1-c1ccc(C(F)(F)F)cc1CN1C(=O)N[C@H](c2cc(C(F)(F)F)cc(C(F)(F)F)c2)[C@@H]1C. The van der Waals surface area contributed by atoms with Gasteiger partial charge in [-0.25, -0.2) is 14.6 Å². The molecule has 0 radical (unpaired) electrons. The van der Waals surface area contributed by atoms with Gasteiger partial charge in [0.15, 0.2) is 0 Å². The lowest BCUT2D eigenvalue weighted by Crippen LogP contribution is -2.32. The van der Waals surface area contributed by atoms with Crippen molar-refractivity contribution in [1.29, 1.82) is 0 Å². The van der Waals surface area contributed by atoms with E-state index in [2.05, 4.69) is 10.3 Å². The number of urea groups is 1. The molecule has 1 saturated heterocycles. The largest absolute Gasteiger partial charge is 0.481 e. The van der Waals surface area contributed by atoms with Crippen LogP contribution in [0.25, 0.3) is 22.3 Å². The number of aryl methyl sites for hydroxylation is 1. The van der Waals surface area contributed by atoms with Crippen LogP contribution >= 0.6 is 0 Å². The van der Waals surface area contributed by atoms with E-state index in [9.17, 15) is 54.2 Å². The number of pyridine rings is 1. The van der Waals surface area contributed by atoms with Gasteiger partial charge in [-0.15, -0.1) is 0 Å². The number of aromatic nitrogens is 1. The van der Waals surface area contributed by atoms with Crippen molar-refractivity contribution < 1.29 is 58.9 Å². The fourth-order valence-corrected chi connectivity index (χ4v) is 5.86. The van der Waals surface area contributed by atoms with E-state index in [0.717, 1.165) is 23.1 Å². The molecule has 7 nitrogen and oxygen atoms in total. The maximum absolute atomic E-state index is 13.9. The summed E-state index contributed by atoms with van der Waals surface area (Å²) in [5.74, 6) is -1.17. The van der Waals surface area contributed by atoms with Gasteiger partial charge in [-0.1, -0.05) is 12.1 Å². The lowest BCUT2D eigenvalue weighted by molar-refractivity contribution is -0.143. The first-order valence-corrected chi connectivity index (χ1v) is 14.6. The van der Waals surface area contributed by atoms with E-state index in [1.54, 1.807) is 13.0 Å². The number of nitrogens with one attached hydrogen (secondary N) is 1. The van der Waals surface area contributed by atoms with Crippen molar-refractivity contribution in [3.8, 4) is 28.1 Å². The molecule has 2 amide bonds. The van der Waals surface area contributed by atoms with Crippen molar-refractivity contribution in [3.05, 3.63) is 106 Å². The molecule has 1 fully saturated rings. The van der Waals surface area contributed by atoms with Crippen LogP contribution in [-0.4, -0.2) is 40.1 Å². The van der Waals surface area contributed by atoms with Gasteiger partial charge in [0.05, 0.1) is 41.4 Å². The van der Waals surface area contributed by atoms with Crippen LogP contribution in [0.1, 0.15) is 56.7 Å². The molecule has 2 N–H and O–H groups in total. The maximum Gasteiger partial charge on any atom is 0.416 e. The summed E-state index contributed by atoms with van der Waals surface area (Å²) in [4.78, 5) is 29.9. The van der Waals surface area contributed by atoms with Crippen LogP contribution in [-0.2, 0) is 25.1 Å². The molecule has 3 aromatic carbocycles. The smallest absolute Gasteiger partial charge is 0.416 e. The number of hydrogen-bond donors (Lipinski definition) is 2. The molecule has 2 heterocycles. The Kier molecular flexibility index (Phi) is 9.27. The Balaban J connectivity index is 1.59. The number of hydrogen-bond acceptors (Lipinski definition) is 4. The van der Waals surface area contributed by atoms with Crippen LogP contribution in [0.4, 0.5) is 44.3 Å². The topological polar surface area (TPSA) is 91.8 Å². The third-order valence-corrected chi connectivity index (χ3v) is 8.38. The number of nitrogens with zero attached hydrogens (tertiary/aromatic N) is 2. The molecule has 1 aliphatic heterocycles. The summed E-state index contributed by atoms with van der Waals surface area (Å²) in [6, 6.07) is 6.08. The van der Waals surface area contributed by atoms with E-state index < -0.39 is 71.4 Å². The quantitative estimate of drug-likeness (QED) is 0.187. The number of benzene rings is 3. The highest BCUT2D eigenvalue weighted by atomic mass is 19.4. The maximum atomic E-state index is 13.9. The zero-order valence-electron chi connectivity index (χ0n) is 26.2. The van der Waals surface area contributed by atoms with Crippen LogP contribution in [0, 0.1) is 6.92 Å². The first kappa shape index (κ1) is 36.0. The zero-order valence-corrected chi connectivity index (χ0v) is 26.2. The Morgan fingerprint density at radius 2 is 1.44 bits per heavy atom. The highest BCUT2D eigenvalue weighted by Crippen LogP contribution is 2.42. The standard InChI is InChI=1S/C34H26F9N3O4/c1-16-8-18(30(47)48)4-6-25(16)20-12-27(29(50-3)44-14-20)26-7-5-22(32(35,36)37)11-21(26)15-46-17(2)28(45-31(46)49)19-9-23(33(38,39)40)13-24(10-19)34(41,42)43/h4-14,17,28H,15H2,1-3H3,(H,45,49)(H,47,48)/t17-,28-/m0/s1. The third-order valence-electron chi connectivity index (χ3n) is 8.38. The summed E-state index contributed by atoms with van der Waals surface area (Å²) in [5.41, 5.74) is -2.96. The van der Waals surface area contributed by atoms with Crippen molar-refractivity contribution in [2.75, 3.05) is 7.11 Å². The van der Waals surface area contributed by atoms with E-state index in [1.165, 1.54) is 38.4 Å². The number of aromatic carboxylic acids is 1. The van der Waals surface area contributed by atoms with Crippen LogP contribution in [0.3, 0.4) is 0 Å².